The number of carbonyl (C=O) groups is 1. The number of thioether (sulfide) groups is 1. The number of hydrogen-bond acceptors (Lipinski definition) is 6. The third-order valence-corrected chi connectivity index (χ3v) is 7.27. The molecule has 1 saturated carbocycles. The normalized spacial score (nSPS) is 28.1. The molecule has 1 amide bonds. The molecule has 8 heteroatoms. The van der Waals surface area contributed by atoms with E-state index in [1.54, 1.807) is 12.1 Å². The second kappa shape index (κ2) is 5.52. The van der Waals surface area contributed by atoms with E-state index in [-0.39, 0.29) is 28.7 Å². The molecule has 4 rings (SSSR count). The van der Waals surface area contributed by atoms with Crippen LogP contribution in [0.3, 0.4) is 0 Å². The Hall–Kier alpha value is -1.54. The molecule has 2 N–H and O–H groups in total. The molecule has 2 heterocycles. The van der Waals surface area contributed by atoms with Gasteiger partial charge in [0.25, 0.3) is 5.91 Å². The molecule has 6 nitrogen and oxygen atoms in total. The third kappa shape index (κ3) is 3.37. The van der Waals surface area contributed by atoms with Gasteiger partial charge in [0, 0.05) is 22.5 Å². The molecule has 1 saturated heterocycles. The van der Waals surface area contributed by atoms with E-state index < -0.39 is 9.84 Å². The maximum atomic E-state index is 11.9. The lowest BCUT2D eigenvalue weighted by molar-refractivity contribution is 0.0951. The molecule has 2 aliphatic heterocycles. The largest absolute Gasteiger partial charge is 0.349 e. The summed E-state index contributed by atoms with van der Waals surface area (Å²) in [5, 5.41) is 6.94. The van der Waals surface area contributed by atoms with Crippen LogP contribution in [-0.4, -0.2) is 48.3 Å². The summed E-state index contributed by atoms with van der Waals surface area (Å²) in [6.45, 7) is 0. The van der Waals surface area contributed by atoms with E-state index in [0.29, 0.717) is 11.6 Å². The maximum absolute atomic E-state index is 11.9. The predicted octanol–water partition coefficient (Wildman–Crippen LogP) is 1.26. The van der Waals surface area contributed by atoms with Crippen molar-refractivity contribution in [2.75, 3.05) is 16.8 Å². The first kappa shape index (κ1) is 15.0. The third-order valence-electron chi connectivity index (χ3n) is 4.13. The highest BCUT2D eigenvalue weighted by Gasteiger charge is 2.42. The van der Waals surface area contributed by atoms with Crippen LogP contribution in [0.15, 0.2) is 29.3 Å². The highest BCUT2D eigenvalue weighted by molar-refractivity contribution is 8.15. The molecule has 122 valence electrons. The average molecular weight is 351 g/mol. The molecule has 0 radical (unpaired) electrons. The second-order valence-corrected chi connectivity index (χ2v) is 9.57. The molecule has 23 heavy (non-hydrogen) atoms. The van der Waals surface area contributed by atoms with Crippen LogP contribution in [0.2, 0.25) is 0 Å². The summed E-state index contributed by atoms with van der Waals surface area (Å²) in [6.07, 6.45) is 2.14. The first-order chi connectivity index (χ1) is 11.0. The fraction of sp³-hybridized carbons (Fsp3) is 0.467. The van der Waals surface area contributed by atoms with Crippen LogP contribution in [0.5, 0.6) is 0 Å². The predicted molar refractivity (Wildman–Crippen MR) is 91.8 cm³/mol. The summed E-state index contributed by atoms with van der Waals surface area (Å²) in [5.74, 6) is 0.319. The van der Waals surface area contributed by atoms with Crippen LogP contribution < -0.4 is 10.6 Å². The summed E-state index contributed by atoms with van der Waals surface area (Å²) in [5.41, 5.74) is 1.49. The van der Waals surface area contributed by atoms with Gasteiger partial charge in [-0.25, -0.2) is 8.42 Å². The van der Waals surface area contributed by atoms with E-state index in [9.17, 15) is 13.2 Å². The highest BCUT2D eigenvalue weighted by Crippen LogP contribution is 2.34. The van der Waals surface area contributed by atoms with Gasteiger partial charge in [-0.15, -0.1) is 0 Å². The Kier molecular flexibility index (Phi) is 3.60. The number of nitrogens with one attached hydrogen (secondary N) is 2. The van der Waals surface area contributed by atoms with Crippen LogP contribution in [0.25, 0.3) is 0 Å². The number of nitrogens with zero attached hydrogens (tertiary/aromatic N) is 1. The quantitative estimate of drug-likeness (QED) is 0.856. The van der Waals surface area contributed by atoms with Crippen LogP contribution >= 0.6 is 11.8 Å². The monoisotopic (exact) mass is 351 g/mol. The van der Waals surface area contributed by atoms with Gasteiger partial charge in [0.2, 0.25) is 0 Å². The maximum Gasteiger partial charge on any atom is 0.251 e. The lowest BCUT2D eigenvalue weighted by Gasteiger charge is -2.08. The lowest BCUT2D eigenvalue weighted by atomic mass is 10.2. The second-order valence-electron chi connectivity index (χ2n) is 6.18. The molecule has 2 fully saturated rings. The zero-order valence-corrected chi connectivity index (χ0v) is 14.0. The molecule has 2 atom stereocenters. The Morgan fingerprint density at radius 1 is 1.17 bits per heavy atom. The molecular formula is C15H17N3O3S2. The lowest BCUT2D eigenvalue weighted by Crippen LogP contribution is -2.25. The number of anilines is 1. The van der Waals surface area contributed by atoms with E-state index in [1.807, 2.05) is 12.1 Å². The van der Waals surface area contributed by atoms with E-state index in [0.717, 1.165) is 23.7 Å². The summed E-state index contributed by atoms with van der Waals surface area (Å²) >= 11 is 1.49. The fourth-order valence-electron chi connectivity index (χ4n) is 2.74. The molecule has 1 aromatic rings. The standard InChI is InChI=1S/C15H17N3O3S2/c19-14(16-10-5-6-10)9-1-3-11(4-2-9)17-15-18-12-7-23(20,21)8-13(12)22-15/h1-4,10,12-13H,5-8H2,(H,16,19)(H,17,18)/t12-,13+/m1/s1. The summed E-state index contributed by atoms with van der Waals surface area (Å²) < 4.78 is 23.1. The fourth-order valence-corrected chi connectivity index (χ4v) is 6.42. The van der Waals surface area contributed by atoms with Gasteiger partial charge >= 0.3 is 0 Å². The number of amidine groups is 1. The van der Waals surface area contributed by atoms with Crippen molar-refractivity contribution in [3.8, 4) is 0 Å². The number of sulfone groups is 1. The smallest absolute Gasteiger partial charge is 0.251 e. The van der Waals surface area contributed by atoms with Gasteiger partial charge in [0.15, 0.2) is 15.0 Å². The first-order valence-corrected chi connectivity index (χ1v) is 10.3. The van der Waals surface area contributed by atoms with Crippen molar-refractivity contribution in [2.45, 2.75) is 30.2 Å². The van der Waals surface area contributed by atoms with Crippen LogP contribution in [0.4, 0.5) is 5.69 Å². The van der Waals surface area contributed by atoms with Gasteiger partial charge in [0.1, 0.15) is 0 Å². The number of fused-ring (bicyclic) bond motifs is 1. The van der Waals surface area contributed by atoms with Crippen molar-refractivity contribution < 1.29 is 13.2 Å². The highest BCUT2D eigenvalue weighted by atomic mass is 32.2. The van der Waals surface area contributed by atoms with E-state index in [1.165, 1.54) is 11.8 Å². The minimum Gasteiger partial charge on any atom is -0.349 e. The van der Waals surface area contributed by atoms with Gasteiger partial charge in [-0.3, -0.25) is 9.79 Å². The Balaban J connectivity index is 1.39. The molecule has 0 unspecified atom stereocenters. The zero-order valence-electron chi connectivity index (χ0n) is 12.4. The van der Waals surface area contributed by atoms with Crippen LogP contribution in [0.1, 0.15) is 23.2 Å². The Bertz CT molecular complexity index is 770. The summed E-state index contributed by atoms with van der Waals surface area (Å²) in [4.78, 5) is 16.4. The number of carbonyl (C=O) groups excluding carboxylic acids is 1. The minimum atomic E-state index is -2.92. The molecule has 0 bridgehead atoms. The molecule has 1 aliphatic carbocycles. The van der Waals surface area contributed by atoms with Crippen molar-refractivity contribution in [1.29, 1.82) is 0 Å². The average Bonchev–Trinajstić information content (AvgIpc) is 3.15. The minimum absolute atomic E-state index is 0.0334. The van der Waals surface area contributed by atoms with Gasteiger partial charge in [-0.05, 0) is 37.1 Å². The molecular weight excluding hydrogens is 334 g/mol. The number of aliphatic imine (C=N–C) groups is 1. The first-order valence-electron chi connectivity index (χ1n) is 7.61. The van der Waals surface area contributed by atoms with E-state index in [2.05, 4.69) is 15.6 Å². The number of hydrogen-bond donors (Lipinski definition) is 2. The van der Waals surface area contributed by atoms with E-state index in [4.69, 9.17) is 0 Å². The van der Waals surface area contributed by atoms with Gasteiger partial charge in [-0.1, -0.05) is 11.8 Å². The summed E-state index contributed by atoms with van der Waals surface area (Å²) in [7, 11) is -2.92. The number of rotatable bonds is 3. The molecule has 0 aromatic heterocycles. The van der Waals surface area contributed by atoms with Crippen molar-refractivity contribution in [3.05, 3.63) is 29.8 Å². The number of amides is 1. The van der Waals surface area contributed by atoms with Crippen LogP contribution in [0, 0.1) is 0 Å². The van der Waals surface area contributed by atoms with Crippen molar-refractivity contribution in [1.82, 2.24) is 5.32 Å². The van der Waals surface area contributed by atoms with Gasteiger partial charge < -0.3 is 10.6 Å². The van der Waals surface area contributed by atoms with E-state index >= 15 is 0 Å². The summed E-state index contributed by atoms with van der Waals surface area (Å²) in [6, 6.07) is 7.47. The van der Waals surface area contributed by atoms with Gasteiger partial charge in [0.05, 0.1) is 17.5 Å². The number of benzene rings is 1. The Morgan fingerprint density at radius 3 is 2.57 bits per heavy atom. The Morgan fingerprint density at radius 2 is 1.91 bits per heavy atom. The molecule has 0 spiro atoms. The van der Waals surface area contributed by atoms with Crippen LogP contribution in [-0.2, 0) is 9.84 Å². The van der Waals surface area contributed by atoms with Crippen molar-refractivity contribution in [2.24, 2.45) is 4.99 Å². The Labute approximate surface area is 139 Å². The van der Waals surface area contributed by atoms with Crippen molar-refractivity contribution in [3.63, 3.8) is 0 Å². The van der Waals surface area contributed by atoms with Gasteiger partial charge in [-0.2, -0.15) is 0 Å². The molecule has 1 aromatic carbocycles. The zero-order chi connectivity index (χ0) is 16.0. The topological polar surface area (TPSA) is 87.6 Å². The van der Waals surface area contributed by atoms with Crippen molar-refractivity contribution >= 4 is 38.4 Å². The SMILES string of the molecule is O=C(NC1CC1)c1ccc(NC2=N[C@@H]3CS(=O)(=O)C[C@@H]3S2)cc1. The molecule has 3 aliphatic rings.